The minimum Gasteiger partial charge on any atom is -0.464 e. The van der Waals surface area contributed by atoms with Crippen LogP contribution in [0.3, 0.4) is 0 Å². The van der Waals surface area contributed by atoms with Gasteiger partial charge in [0, 0.05) is 6.04 Å². The van der Waals surface area contributed by atoms with Crippen LogP contribution in [0, 0.1) is 5.92 Å². The molecule has 1 heterocycles. The second-order valence-corrected chi connectivity index (χ2v) is 6.17. The Labute approximate surface area is 118 Å². The topological polar surface area (TPSA) is 25.2 Å². The number of nitrogens with one attached hydrogen (secondary N) is 1. The quantitative estimate of drug-likeness (QED) is 0.717. The minimum atomic E-state index is -2.34. The highest BCUT2D eigenvalue weighted by molar-refractivity contribution is 7.98. The van der Waals surface area contributed by atoms with E-state index < -0.39 is 5.76 Å². The lowest BCUT2D eigenvalue weighted by Gasteiger charge is -2.13. The average molecular weight is 291 g/mol. The van der Waals surface area contributed by atoms with Crippen LogP contribution in [0.15, 0.2) is 16.5 Å². The van der Waals surface area contributed by atoms with Crippen molar-refractivity contribution in [3.63, 3.8) is 0 Å². The average Bonchev–Trinajstić information content (AvgIpc) is 2.79. The molecule has 0 bridgehead atoms. The second-order valence-electron chi connectivity index (χ2n) is 5.19. The molecule has 0 aliphatic heterocycles. The molecule has 0 fully saturated rings. The number of thioether (sulfide) groups is 1. The molecule has 5 heteroatoms. The van der Waals surface area contributed by atoms with Crippen LogP contribution >= 0.6 is 11.8 Å². The summed E-state index contributed by atoms with van der Waals surface area (Å²) in [4.78, 5) is 0. The van der Waals surface area contributed by atoms with E-state index in [4.69, 9.17) is 4.42 Å². The van der Waals surface area contributed by atoms with Gasteiger partial charge in [0.05, 0.1) is 12.3 Å². The van der Waals surface area contributed by atoms with E-state index in [0.29, 0.717) is 36.0 Å². The first kappa shape index (κ1) is 16.5. The number of hydrogen-bond donors (Lipinski definition) is 1. The van der Waals surface area contributed by atoms with Crippen molar-refractivity contribution < 1.29 is 13.2 Å². The maximum atomic E-state index is 12.0. The first-order valence-corrected chi connectivity index (χ1v) is 7.73. The molecule has 0 radical (unpaired) electrons. The molecule has 110 valence electrons. The number of hydrogen-bond acceptors (Lipinski definition) is 3. The van der Waals surface area contributed by atoms with Gasteiger partial charge in [-0.3, -0.25) is 0 Å². The first-order chi connectivity index (χ1) is 8.97. The molecule has 0 aromatic carbocycles. The summed E-state index contributed by atoms with van der Waals surface area (Å²) in [5.74, 6) is 0.00683. The molecular weight excluding hydrogens is 268 g/mol. The lowest BCUT2D eigenvalue weighted by molar-refractivity contribution is 0.251. The van der Waals surface area contributed by atoms with E-state index in [9.17, 15) is 8.78 Å². The zero-order chi connectivity index (χ0) is 14.3. The van der Waals surface area contributed by atoms with Gasteiger partial charge in [0.1, 0.15) is 11.5 Å². The van der Waals surface area contributed by atoms with Crippen molar-refractivity contribution in [1.82, 2.24) is 5.32 Å². The molecule has 19 heavy (non-hydrogen) atoms. The number of rotatable bonds is 9. The minimum absolute atomic E-state index is 0.223. The largest absolute Gasteiger partial charge is 0.464 e. The Balaban J connectivity index is 2.25. The van der Waals surface area contributed by atoms with Crippen molar-refractivity contribution in [2.24, 2.45) is 5.92 Å². The van der Waals surface area contributed by atoms with Crippen LogP contribution in [0.1, 0.15) is 45.1 Å². The van der Waals surface area contributed by atoms with E-state index >= 15 is 0 Å². The Bertz CT molecular complexity index is 355. The van der Waals surface area contributed by atoms with Crippen molar-refractivity contribution >= 4 is 11.8 Å². The fourth-order valence-corrected chi connectivity index (χ4v) is 2.15. The Kier molecular flexibility index (Phi) is 7.46. The van der Waals surface area contributed by atoms with Crippen LogP contribution in [0.25, 0.3) is 0 Å². The zero-order valence-corrected chi connectivity index (χ0v) is 12.6. The fraction of sp³-hybridized carbons (Fsp3) is 0.714. The summed E-state index contributed by atoms with van der Waals surface area (Å²) >= 11 is 0.586. The third kappa shape index (κ3) is 7.57. The molecule has 1 aromatic heterocycles. The van der Waals surface area contributed by atoms with Gasteiger partial charge in [-0.2, -0.15) is 8.78 Å². The molecule has 1 atom stereocenters. The number of furan rings is 1. The Morgan fingerprint density at radius 2 is 1.84 bits per heavy atom. The summed E-state index contributed by atoms with van der Waals surface area (Å²) < 4.78 is 29.6. The van der Waals surface area contributed by atoms with Gasteiger partial charge in [0.25, 0.3) is 5.76 Å². The van der Waals surface area contributed by atoms with Crippen molar-refractivity contribution in [3.05, 3.63) is 23.7 Å². The highest BCUT2D eigenvalue weighted by Gasteiger charge is 2.08. The van der Waals surface area contributed by atoms with Crippen LogP contribution in [-0.2, 0) is 12.3 Å². The fourth-order valence-electron chi connectivity index (χ4n) is 1.70. The number of alkyl halides is 2. The van der Waals surface area contributed by atoms with Crippen molar-refractivity contribution in [3.8, 4) is 0 Å². The normalized spacial score (nSPS) is 13.4. The Morgan fingerprint density at radius 3 is 2.47 bits per heavy atom. The monoisotopic (exact) mass is 291 g/mol. The Hall–Kier alpha value is -0.550. The molecule has 0 amide bonds. The van der Waals surface area contributed by atoms with E-state index in [-0.39, 0.29) is 5.75 Å². The predicted octanol–water partition coefficient (Wildman–Crippen LogP) is 4.65. The van der Waals surface area contributed by atoms with Gasteiger partial charge in [-0.1, -0.05) is 25.6 Å². The molecule has 1 N–H and O–H groups in total. The van der Waals surface area contributed by atoms with Crippen LogP contribution in [-0.4, -0.2) is 11.8 Å². The molecule has 0 saturated heterocycles. The summed E-state index contributed by atoms with van der Waals surface area (Å²) in [5, 5.41) is 3.38. The first-order valence-electron chi connectivity index (χ1n) is 6.68. The summed E-state index contributed by atoms with van der Waals surface area (Å²) in [6, 6.07) is 4.06. The molecule has 1 unspecified atom stereocenters. The molecular formula is C14H23F2NOS. The summed E-state index contributed by atoms with van der Waals surface area (Å²) in [7, 11) is 0. The lowest BCUT2D eigenvalue weighted by atomic mass is 10.0. The van der Waals surface area contributed by atoms with Crippen LogP contribution in [0.4, 0.5) is 8.78 Å². The summed E-state index contributed by atoms with van der Waals surface area (Å²) in [6.07, 6.45) is 2.33. The molecule has 0 saturated carbocycles. The highest BCUT2D eigenvalue weighted by Crippen LogP contribution is 2.21. The van der Waals surface area contributed by atoms with Crippen LogP contribution in [0.2, 0.25) is 0 Å². The Morgan fingerprint density at radius 1 is 1.16 bits per heavy atom. The lowest BCUT2D eigenvalue weighted by Crippen LogP contribution is -2.25. The van der Waals surface area contributed by atoms with Crippen molar-refractivity contribution in [2.45, 2.75) is 57.7 Å². The van der Waals surface area contributed by atoms with Gasteiger partial charge in [-0.15, -0.1) is 0 Å². The highest BCUT2D eigenvalue weighted by atomic mass is 32.2. The summed E-state index contributed by atoms with van der Waals surface area (Å²) in [5.41, 5.74) is 0. The molecule has 0 aliphatic carbocycles. The third-order valence-electron chi connectivity index (χ3n) is 2.87. The van der Waals surface area contributed by atoms with Crippen LogP contribution in [0.5, 0.6) is 0 Å². The second kappa shape index (κ2) is 8.59. The molecule has 2 nitrogen and oxygen atoms in total. The molecule has 0 spiro atoms. The summed E-state index contributed by atoms with van der Waals surface area (Å²) in [6.45, 7) is 7.23. The smallest absolute Gasteiger partial charge is 0.284 e. The van der Waals surface area contributed by atoms with E-state index in [0.717, 1.165) is 12.2 Å². The van der Waals surface area contributed by atoms with E-state index in [2.05, 4.69) is 26.1 Å². The van der Waals surface area contributed by atoms with Gasteiger partial charge in [-0.05, 0) is 37.8 Å². The third-order valence-corrected chi connectivity index (χ3v) is 3.57. The van der Waals surface area contributed by atoms with Crippen LogP contribution < -0.4 is 5.32 Å². The van der Waals surface area contributed by atoms with E-state index in [1.165, 1.54) is 6.42 Å². The number of halogens is 2. The van der Waals surface area contributed by atoms with Gasteiger partial charge in [0.15, 0.2) is 0 Å². The van der Waals surface area contributed by atoms with Gasteiger partial charge in [-0.25, -0.2) is 0 Å². The molecule has 1 rings (SSSR count). The molecule has 0 aliphatic rings. The van der Waals surface area contributed by atoms with Crippen molar-refractivity contribution in [2.75, 3.05) is 0 Å². The standard InChI is InChI=1S/C14H23F2NOS/c1-10(2)4-5-11(3)17-8-12-6-7-13(18-12)9-19-14(15)16/h6-7,10-11,14,17H,4-5,8-9H2,1-3H3. The van der Waals surface area contributed by atoms with Crippen molar-refractivity contribution in [1.29, 1.82) is 0 Å². The molecule has 1 aromatic rings. The SMILES string of the molecule is CC(C)CCC(C)NCc1ccc(CSC(F)F)o1. The van der Waals surface area contributed by atoms with Gasteiger partial charge in [0.2, 0.25) is 0 Å². The van der Waals surface area contributed by atoms with Gasteiger partial charge < -0.3 is 9.73 Å². The van der Waals surface area contributed by atoms with E-state index in [1.807, 2.05) is 6.07 Å². The zero-order valence-electron chi connectivity index (χ0n) is 11.8. The maximum absolute atomic E-state index is 12.0. The van der Waals surface area contributed by atoms with Gasteiger partial charge >= 0.3 is 0 Å². The maximum Gasteiger partial charge on any atom is 0.284 e. The van der Waals surface area contributed by atoms with E-state index in [1.54, 1.807) is 6.07 Å². The predicted molar refractivity (Wildman–Crippen MR) is 76.4 cm³/mol.